The van der Waals surface area contributed by atoms with Crippen LogP contribution in [0.3, 0.4) is 0 Å². The predicted molar refractivity (Wildman–Crippen MR) is 93.7 cm³/mol. The average molecular weight is 370 g/mol. The van der Waals surface area contributed by atoms with Gasteiger partial charge in [-0.1, -0.05) is 0 Å². The Balaban J connectivity index is 1.69. The van der Waals surface area contributed by atoms with E-state index in [1.54, 1.807) is 12.1 Å². The van der Waals surface area contributed by atoms with Crippen LogP contribution in [0.4, 0.5) is 0 Å². The van der Waals surface area contributed by atoms with Crippen molar-refractivity contribution in [3.63, 3.8) is 0 Å². The standard InChI is InChI=1S/C17H26N2O5S/c1-22-14-5-6-16(23-2)17(12-14)25(20,21)19-9-7-18(8-10-19)13-15-4-3-11-24-15/h5-6,12,15H,3-4,7-11,13H2,1-2H3/t15-/m0/s1. The van der Waals surface area contributed by atoms with Crippen molar-refractivity contribution in [1.82, 2.24) is 9.21 Å². The van der Waals surface area contributed by atoms with Crippen LogP contribution in [0.25, 0.3) is 0 Å². The number of nitrogens with zero attached hydrogens (tertiary/aromatic N) is 2. The van der Waals surface area contributed by atoms with Crippen LogP contribution < -0.4 is 9.47 Å². The van der Waals surface area contributed by atoms with E-state index in [1.807, 2.05) is 0 Å². The van der Waals surface area contributed by atoms with Gasteiger partial charge in [-0.05, 0) is 25.0 Å². The second-order valence-electron chi connectivity index (χ2n) is 6.36. The van der Waals surface area contributed by atoms with E-state index in [0.717, 1.165) is 26.0 Å². The monoisotopic (exact) mass is 370 g/mol. The van der Waals surface area contributed by atoms with E-state index in [-0.39, 0.29) is 4.90 Å². The highest BCUT2D eigenvalue weighted by Gasteiger charge is 2.32. The van der Waals surface area contributed by atoms with Crippen molar-refractivity contribution in [3.05, 3.63) is 18.2 Å². The lowest BCUT2D eigenvalue weighted by Gasteiger charge is -2.35. The van der Waals surface area contributed by atoms with E-state index in [0.29, 0.717) is 43.8 Å². The van der Waals surface area contributed by atoms with Crippen LogP contribution in [0.1, 0.15) is 12.8 Å². The van der Waals surface area contributed by atoms with Crippen molar-refractivity contribution in [1.29, 1.82) is 0 Å². The summed E-state index contributed by atoms with van der Waals surface area (Å²) in [6, 6.07) is 4.84. The zero-order valence-electron chi connectivity index (χ0n) is 14.8. The molecule has 2 heterocycles. The second-order valence-corrected chi connectivity index (χ2v) is 8.26. The summed E-state index contributed by atoms with van der Waals surface area (Å²) >= 11 is 0. The molecular weight excluding hydrogens is 344 g/mol. The molecule has 3 rings (SSSR count). The van der Waals surface area contributed by atoms with Gasteiger partial charge in [0.15, 0.2) is 0 Å². The zero-order valence-corrected chi connectivity index (χ0v) is 15.6. The minimum Gasteiger partial charge on any atom is -0.497 e. The number of rotatable bonds is 6. The van der Waals surface area contributed by atoms with Gasteiger partial charge >= 0.3 is 0 Å². The molecule has 0 aromatic heterocycles. The molecule has 0 aliphatic carbocycles. The van der Waals surface area contributed by atoms with Crippen LogP contribution in [0.15, 0.2) is 23.1 Å². The number of piperazine rings is 1. The highest BCUT2D eigenvalue weighted by atomic mass is 32.2. The lowest BCUT2D eigenvalue weighted by atomic mass is 10.2. The van der Waals surface area contributed by atoms with Gasteiger partial charge in [0.05, 0.1) is 20.3 Å². The molecule has 0 saturated carbocycles. The van der Waals surface area contributed by atoms with Gasteiger partial charge in [0.1, 0.15) is 16.4 Å². The molecule has 2 fully saturated rings. The van der Waals surface area contributed by atoms with Crippen LogP contribution in [0, 0.1) is 0 Å². The number of sulfonamides is 1. The van der Waals surface area contributed by atoms with Crippen molar-refractivity contribution < 1.29 is 22.6 Å². The van der Waals surface area contributed by atoms with Crippen LogP contribution in [-0.4, -0.2) is 77.3 Å². The van der Waals surface area contributed by atoms with E-state index >= 15 is 0 Å². The van der Waals surface area contributed by atoms with Crippen molar-refractivity contribution >= 4 is 10.0 Å². The normalized spacial score (nSPS) is 22.9. The highest BCUT2D eigenvalue weighted by Crippen LogP contribution is 2.31. The van der Waals surface area contributed by atoms with Crippen LogP contribution >= 0.6 is 0 Å². The number of benzene rings is 1. The van der Waals surface area contributed by atoms with E-state index in [1.165, 1.54) is 24.6 Å². The van der Waals surface area contributed by atoms with Crippen molar-refractivity contribution in [2.45, 2.75) is 23.8 Å². The highest BCUT2D eigenvalue weighted by molar-refractivity contribution is 7.89. The van der Waals surface area contributed by atoms with Crippen molar-refractivity contribution in [2.75, 3.05) is 53.6 Å². The first-order chi connectivity index (χ1) is 12.0. The first-order valence-corrected chi connectivity index (χ1v) is 10.0. The molecule has 25 heavy (non-hydrogen) atoms. The summed E-state index contributed by atoms with van der Waals surface area (Å²) in [6.07, 6.45) is 2.51. The molecule has 2 aliphatic heterocycles. The molecule has 0 amide bonds. The molecule has 0 spiro atoms. The molecule has 140 valence electrons. The second kappa shape index (κ2) is 7.90. The van der Waals surface area contributed by atoms with Gasteiger partial charge in [-0.3, -0.25) is 4.90 Å². The Morgan fingerprint density at radius 3 is 2.52 bits per heavy atom. The summed E-state index contributed by atoms with van der Waals surface area (Å²) < 4.78 is 43.7. The minimum atomic E-state index is -3.62. The molecule has 2 aliphatic rings. The van der Waals surface area contributed by atoms with E-state index in [9.17, 15) is 8.42 Å². The summed E-state index contributed by atoms with van der Waals surface area (Å²) in [7, 11) is -0.629. The molecule has 0 radical (unpaired) electrons. The zero-order chi connectivity index (χ0) is 17.9. The molecule has 1 aromatic rings. The smallest absolute Gasteiger partial charge is 0.246 e. The van der Waals surface area contributed by atoms with Gasteiger partial charge in [0.25, 0.3) is 0 Å². The van der Waals surface area contributed by atoms with Gasteiger partial charge < -0.3 is 14.2 Å². The Morgan fingerprint density at radius 1 is 1.16 bits per heavy atom. The largest absolute Gasteiger partial charge is 0.497 e. The maximum absolute atomic E-state index is 13.0. The number of methoxy groups -OCH3 is 2. The minimum absolute atomic E-state index is 0.155. The number of ether oxygens (including phenoxy) is 3. The third-order valence-electron chi connectivity index (χ3n) is 4.81. The molecule has 0 N–H and O–H groups in total. The summed E-state index contributed by atoms with van der Waals surface area (Å²) in [6.45, 7) is 4.09. The third-order valence-corrected chi connectivity index (χ3v) is 6.73. The van der Waals surface area contributed by atoms with Crippen LogP contribution in [-0.2, 0) is 14.8 Å². The molecule has 0 unspecified atom stereocenters. The van der Waals surface area contributed by atoms with Crippen LogP contribution in [0.5, 0.6) is 11.5 Å². The Morgan fingerprint density at radius 2 is 1.92 bits per heavy atom. The van der Waals surface area contributed by atoms with Crippen LogP contribution in [0.2, 0.25) is 0 Å². The van der Waals surface area contributed by atoms with E-state index in [4.69, 9.17) is 14.2 Å². The van der Waals surface area contributed by atoms with Gasteiger partial charge in [-0.2, -0.15) is 4.31 Å². The Labute approximate surface area is 149 Å². The summed E-state index contributed by atoms with van der Waals surface area (Å²) in [5.41, 5.74) is 0. The van der Waals surface area contributed by atoms with E-state index < -0.39 is 10.0 Å². The first kappa shape index (κ1) is 18.4. The Bertz CT molecular complexity index is 680. The molecule has 1 atom stereocenters. The predicted octanol–water partition coefficient (Wildman–Crippen LogP) is 1.19. The molecule has 0 bridgehead atoms. The summed E-state index contributed by atoms with van der Waals surface area (Å²) in [5.74, 6) is 0.832. The van der Waals surface area contributed by atoms with Gasteiger partial charge in [0, 0.05) is 45.4 Å². The summed E-state index contributed by atoms with van der Waals surface area (Å²) in [5, 5.41) is 0. The SMILES string of the molecule is COc1ccc(OC)c(S(=O)(=O)N2CCN(C[C@@H]3CCCO3)CC2)c1. The fraction of sp³-hybridized carbons (Fsp3) is 0.647. The lowest BCUT2D eigenvalue weighted by Crippen LogP contribution is -2.50. The topological polar surface area (TPSA) is 68.3 Å². The van der Waals surface area contributed by atoms with Crippen molar-refractivity contribution in [3.8, 4) is 11.5 Å². The molecule has 1 aromatic carbocycles. The lowest BCUT2D eigenvalue weighted by molar-refractivity contribution is 0.0617. The maximum Gasteiger partial charge on any atom is 0.246 e. The summed E-state index contributed by atoms with van der Waals surface area (Å²) in [4.78, 5) is 2.44. The molecule has 7 nitrogen and oxygen atoms in total. The maximum atomic E-state index is 13.0. The van der Waals surface area contributed by atoms with E-state index in [2.05, 4.69) is 4.90 Å². The fourth-order valence-corrected chi connectivity index (χ4v) is 4.95. The number of hydrogen-bond acceptors (Lipinski definition) is 6. The first-order valence-electron chi connectivity index (χ1n) is 8.60. The quantitative estimate of drug-likeness (QED) is 0.749. The Hall–Kier alpha value is -1.35. The van der Waals surface area contributed by atoms with Gasteiger partial charge in [0.2, 0.25) is 10.0 Å². The molecule has 2 saturated heterocycles. The third kappa shape index (κ3) is 4.08. The van der Waals surface area contributed by atoms with Gasteiger partial charge in [-0.15, -0.1) is 0 Å². The fourth-order valence-electron chi connectivity index (χ4n) is 3.35. The molecular formula is C17H26N2O5S. The number of hydrogen-bond donors (Lipinski definition) is 0. The molecule has 8 heteroatoms. The Kier molecular flexibility index (Phi) is 5.83. The van der Waals surface area contributed by atoms with Gasteiger partial charge in [-0.25, -0.2) is 8.42 Å². The van der Waals surface area contributed by atoms with Crippen molar-refractivity contribution in [2.24, 2.45) is 0 Å². The average Bonchev–Trinajstić information content (AvgIpc) is 3.14.